The smallest absolute Gasteiger partial charge is 0.326 e. The molecule has 0 radical (unpaired) electrons. The van der Waals surface area contributed by atoms with Gasteiger partial charge in [0.1, 0.15) is 6.04 Å². The Balaban J connectivity index is 2.46. The minimum Gasteiger partial charge on any atom is -0.480 e. The average Bonchev–Trinajstić information content (AvgIpc) is 2.74. The Bertz CT molecular complexity index is 320. The molecule has 3 N–H and O–H groups in total. The van der Waals surface area contributed by atoms with Gasteiger partial charge in [-0.05, 0) is 31.6 Å². The molecule has 0 saturated heterocycles. The van der Waals surface area contributed by atoms with Crippen molar-refractivity contribution >= 4 is 12.0 Å². The first kappa shape index (κ1) is 15.8. The Kier molecular flexibility index (Phi) is 6.08. The molecular weight excluding hydrogens is 248 g/mol. The van der Waals surface area contributed by atoms with E-state index in [1.807, 2.05) is 13.8 Å². The molecule has 1 fully saturated rings. The maximum Gasteiger partial charge on any atom is 0.326 e. The third-order valence-electron chi connectivity index (χ3n) is 3.38. The van der Waals surface area contributed by atoms with Crippen LogP contribution in [0, 0.1) is 5.92 Å². The molecule has 0 aromatic heterocycles. The van der Waals surface area contributed by atoms with Gasteiger partial charge in [0.15, 0.2) is 0 Å². The lowest BCUT2D eigenvalue weighted by Gasteiger charge is -2.22. The van der Waals surface area contributed by atoms with E-state index in [-0.39, 0.29) is 18.1 Å². The van der Waals surface area contributed by atoms with Gasteiger partial charge in [0.25, 0.3) is 0 Å². The molecule has 3 atom stereocenters. The van der Waals surface area contributed by atoms with Crippen molar-refractivity contribution in [3.63, 3.8) is 0 Å². The number of carbonyl (C=O) groups is 2. The van der Waals surface area contributed by atoms with Crippen LogP contribution in [0.3, 0.4) is 0 Å². The number of urea groups is 1. The Morgan fingerprint density at radius 3 is 2.58 bits per heavy atom. The lowest BCUT2D eigenvalue weighted by molar-refractivity contribution is -0.139. The van der Waals surface area contributed by atoms with Gasteiger partial charge >= 0.3 is 12.0 Å². The molecule has 1 saturated carbocycles. The number of ether oxygens (including phenoxy) is 1. The molecule has 6 heteroatoms. The summed E-state index contributed by atoms with van der Waals surface area (Å²) in [7, 11) is 1.63. The highest BCUT2D eigenvalue weighted by Crippen LogP contribution is 2.21. The van der Waals surface area contributed by atoms with Crippen LogP contribution in [-0.4, -0.2) is 42.4 Å². The second-order valence-corrected chi connectivity index (χ2v) is 5.45. The lowest BCUT2D eigenvalue weighted by Crippen LogP contribution is -2.51. The van der Waals surface area contributed by atoms with Crippen molar-refractivity contribution in [2.45, 2.75) is 57.7 Å². The van der Waals surface area contributed by atoms with Gasteiger partial charge in [-0.25, -0.2) is 9.59 Å². The zero-order chi connectivity index (χ0) is 14.4. The Hall–Kier alpha value is -1.30. The molecule has 6 nitrogen and oxygen atoms in total. The summed E-state index contributed by atoms with van der Waals surface area (Å²) in [6.07, 6.45) is 3.25. The first-order chi connectivity index (χ1) is 8.93. The number of rotatable bonds is 6. The van der Waals surface area contributed by atoms with Crippen LogP contribution in [0.25, 0.3) is 0 Å². The van der Waals surface area contributed by atoms with Crippen molar-refractivity contribution in [2.24, 2.45) is 5.92 Å². The fourth-order valence-electron chi connectivity index (χ4n) is 2.43. The van der Waals surface area contributed by atoms with Gasteiger partial charge in [0, 0.05) is 7.11 Å². The van der Waals surface area contributed by atoms with Crippen LogP contribution in [0.4, 0.5) is 4.79 Å². The SMILES string of the molecule is COC1CCCC1NC(=O)N[C@H](CC(C)C)C(=O)O. The van der Waals surface area contributed by atoms with E-state index in [0.717, 1.165) is 19.3 Å². The van der Waals surface area contributed by atoms with Crippen LogP contribution in [-0.2, 0) is 9.53 Å². The van der Waals surface area contributed by atoms with Crippen molar-refractivity contribution in [1.29, 1.82) is 0 Å². The zero-order valence-corrected chi connectivity index (χ0v) is 11.8. The predicted octanol–water partition coefficient (Wildman–Crippen LogP) is 1.35. The number of hydrogen-bond donors (Lipinski definition) is 3. The Morgan fingerprint density at radius 2 is 2.05 bits per heavy atom. The number of aliphatic carboxylic acids is 1. The van der Waals surface area contributed by atoms with Crippen molar-refractivity contribution in [2.75, 3.05) is 7.11 Å². The van der Waals surface area contributed by atoms with Gasteiger partial charge in [0.2, 0.25) is 0 Å². The van der Waals surface area contributed by atoms with E-state index in [2.05, 4.69) is 10.6 Å². The number of hydrogen-bond acceptors (Lipinski definition) is 3. The summed E-state index contributed by atoms with van der Waals surface area (Å²) < 4.78 is 5.28. The third-order valence-corrected chi connectivity index (χ3v) is 3.38. The summed E-state index contributed by atoms with van der Waals surface area (Å²) in [5.74, 6) is -0.793. The number of methoxy groups -OCH3 is 1. The quantitative estimate of drug-likeness (QED) is 0.681. The van der Waals surface area contributed by atoms with Crippen LogP contribution in [0.15, 0.2) is 0 Å². The first-order valence-electron chi connectivity index (χ1n) is 6.76. The number of amides is 2. The molecule has 1 aliphatic carbocycles. The second-order valence-electron chi connectivity index (χ2n) is 5.45. The van der Waals surface area contributed by atoms with Gasteiger partial charge < -0.3 is 20.5 Å². The second kappa shape index (κ2) is 7.33. The molecule has 0 aromatic rings. The highest BCUT2D eigenvalue weighted by molar-refractivity contribution is 5.82. The van der Waals surface area contributed by atoms with E-state index >= 15 is 0 Å². The first-order valence-corrected chi connectivity index (χ1v) is 6.76. The fourth-order valence-corrected chi connectivity index (χ4v) is 2.43. The zero-order valence-electron chi connectivity index (χ0n) is 11.8. The van der Waals surface area contributed by atoms with Crippen molar-refractivity contribution in [3.05, 3.63) is 0 Å². The standard InChI is InChI=1S/C13H24N2O4/c1-8(2)7-10(12(16)17)15-13(18)14-9-5-4-6-11(9)19-3/h8-11H,4-7H2,1-3H3,(H,16,17)(H2,14,15,18)/t9?,10-,11?/m1/s1. The van der Waals surface area contributed by atoms with Gasteiger partial charge in [-0.1, -0.05) is 13.8 Å². The maximum absolute atomic E-state index is 11.8. The van der Waals surface area contributed by atoms with Crippen LogP contribution in [0.5, 0.6) is 0 Å². The summed E-state index contributed by atoms with van der Waals surface area (Å²) >= 11 is 0. The number of nitrogens with one attached hydrogen (secondary N) is 2. The van der Waals surface area contributed by atoms with E-state index in [1.165, 1.54) is 0 Å². The Morgan fingerprint density at radius 1 is 1.37 bits per heavy atom. The van der Waals surface area contributed by atoms with Gasteiger partial charge in [-0.2, -0.15) is 0 Å². The van der Waals surface area contributed by atoms with Crippen LogP contribution in [0.2, 0.25) is 0 Å². The van der Waals surface area contributed by atoms with E-state index in [4.69, 9.17) is 9.84 Å². The summed E-state index contributed by atoms with van der Waals surface area (Å²) in [6, 6.07) is -1.30. The molecule has 2 unspecified atom stereocenters. The van der Waals surface area contributed by atoms with Crippen LogP contribution >= 0.6 is 0 Å². The molecule has 0 heterocycles. The highest BCUT2D eigenvalue weighted by Gasteiger charge is 2.29. The van der Waals surface area contributed by atoms with Gasteiger partial charge in [-0.15, -0.1) is 0 Å². The van der Waals surface area contributed by atoms with Crippen molar-refractivity contribution in [3.8, 4) is 0 Å². The Labute approximate surface area is 113 Å². The van der Waals surface area contributed by atoms with Crippen LogP contribution < -0.4 is 10.6 Å². The normalized spacial score (nSPS) is 24.2. The molecule has 1 rings (SSSR count). The molecule has 2 amide bonds. The summed E-state index contributed by atoms with van der Waals surface area (Å²) in [6.45, 7) is 3.85. The largest absolute Gasteiger partial charge is 0.480 e. The number of carboxylic acids is 1. The molecule has 0 bridgehead atoms. The minimum absolute atomic E-state index is 0.0270. The fraction of sp³-hybridized carbons (Fsp3) is 0.846. The summed E-state index contributed by atoms with van der Waals surface area (Å²) in [5.41, 5.74) is 0. The minimum atomic E-state index is -1.00. The van der Waals surface area contributed by atoms with E-state index in [0.29, 0.717) is 6.42 Å². The number of carboxylic acid groups (broad SMARTS) is 1. The third kappa shape index (κ3) is 5.06. The highest BCUT2D eigenvalue weighted by atomic mass is 16.5. The van der Waals surface area contributed by atoms with Gasteiger partial charge in [0.05, 0.1) is 12.1 Å². The van der Waals surface area contributed by atoms with Crippen molar-refractivity contribution < 1.29 is 19.4 Å². The molecule has 19 heavy (non-hydrogen) atoms. The van der Waals surface area contributed by atoms with E-state index in [9.17, 15) is 9.59 Å². The average molecular weight is 272 g/mol. The molecule has 110 valence electrons. The molecule has 1 aliphatic rings. The molecule has 0 spiro atoms. The topological polar surface area (TPSA) is 87.7 Å². The van der Waals surface area contributed by atoms with E-state index in [1.54, 1.807) is 7.11 Å². The summed E-state index contributed by atoms with van der Waals surface area (Å²) in [4.78, 5) is 22.9. The van der Waals surface area contributed by atoms with Crippen molar-refractivity contribution in [1.82, 2.24) is 10.6 Å². The maximum atomic E-state index is 11.8. The molecule has 0 aromatic carbocycles. The lowest BCUT2D eigenvalue weighted by atomic mass is 10.0. The van der Waals surface area contributed by atoms with E-state index < -0.39 is 18.0 Å². The summed E-state index contributed by atoms with van der Waals surface area (Å²) in [5, 5.41) is 14.4. The predicted molar refractivity (Wildman–Crippen MR) is 71.0 cm³/mol. The molecule has 0 aliphatic heterocycles. The monoisotopic (exact) mass is 272 g/mol. The molecular formula is C13H24N2O4. The van der Waals surface area contributed by atoms with Crippen LogP contribution in [0.1, 0.15) is 39.5 Å². The number of carbonyl (C=O) groups excluding carboxylic acids is 1. The van der Waals surface area contributed by atoms with Gasteiger partial charge in [-0.3, -0.25) is 0 Å².